The lowest BCUT2D eigenvalue weighted by Gasteiger charge is -2.31. The Balaban J connectivity index is 2.37. The molecule has 6 heteroatoms. The van der Waals surface area contributed by atoms with Crippen LogP contribution in [0.5, 0.6) is 0 Å². The Kier molecular flexibility index (Phi) is 2.41. The first-order chi connectivity index (χ1) is 7.61. The van der Waals surface area contributed by atoms with E-state index in [1.165, 1.54) is 0 Å². The maximum absolute atomic E-state index is 11.2. The smallest absolute Gasteiger partial charge is 0.293 e. The number of nitrogens with zero attached hydrogens (tertiary/aromatic N) is 1. The Labute approximate surface area is 91.0 Å². The van der Waals surface area contributed by atoms with Crippen LogP contribution < -0.4 is 5.32 Å². The average molecular weight is 222 g/mol. The van der Waals surface area contributed by atoms with Crippen LogP contribution in [-0.2, 0) is 4.79 Å². The zero-order valence-corrected chi connectivity index (χ0v) is 8.16. The SMILES string of the molecule is O=C1NC(c2ccccc2)N(O)C(O)=C1O. The van der Waals surface area contributed by atoms with E-state index in [9.17, 15) is 15.1 Å². The third-order valence-corrected chi connectivity index (χ3v) is 2.27. The summed E-state index contributed by atoms with van der Waals surface area (Å²) in [6.45, 7) is 0. The van der Waals surface area contributed by atoms with Crippen molar-refractivity contribution in [3.8, 4) is 0 Å². The molecule has 2 rings (SSSR count). The van der Waals surface area contributed by atoms with Crippen molar-refractivity contribution in [3.05, 3.63) is 47.5 Å². The van der Waals surface area contributed by atoms with Crippen molar-refractivity contribution in [1.82, 2.24) is 10.4 Å². The molecule has 16 heavy (non-hydrogen) atoms. The number of rotatable bonds is 1. The summed E-state index contributed by atoms with van der Waals surface area (Å²) in [5.41, 5.74) is 0.581. The van der Waals surface area contributed by atoms with Crippen LogP contribution >= 0.6 is 0 Å². The van der Waals surface area contributed by atoms with Crippen LogP contribution in [-0.4, -0.2) is 26.4 Å². The molecule has 0 fully saturated rings. The molecule has 1 unspecified atom stereocenters. The summed E-state index contributed by atoms with van der Waals surface area (Å²) in [6.07, 6.45) is -0.912. The molecular weight excluding hydrogens is 212 g/mol. The molecule has 1 aliphatic heterocycles. The van der Waals surface area contributed by atoms with Gasteiger partial charge in [-0.3, -0.25) is 10.0 Å². The molecule has 0 radical (unpaired) electrons. The fourth-order valence-corrected chi connectivity index (χ4v) is 1.45. The van der Waals surface area contributed by atoms with Crippen molar-refractivity contribution in [2.45, 2.75) is 6.17 Å². The normalized spacial score (nSPS) is 20.9. The van der Waals surface area contributed by atoms with Crippen molar-refractivity contribution in [2.75, 3.05) is 0 Å². The van der Waals surface area contributed by atoms with E-state index in [0.29, 0.717) is 10.6 Å². The summed E-state index contributed by atoms with van der Waals surface area (Å²) in [5.74, 6) is -2.61. The minimum absolute atomic E-state index is 0.395. The van der Waals surface area contributed by atoms with E-state index in [1.807, 2.05) is 0 Å². The van der Waals surface area contributed by atoms with E-state index in [-0.39, 0.29) is 0 Å². The molecule has 1 heterocycles. The number of carbonyl (C=O) groups is 1. The predicted molar refractivity (Wildman–Crippen MR) is 53.2 cm³/mol. The molecule has 0 saturated carbocycles. The zero-order chi connectivity index (χ0) is 11.7. The van der Waals surface area contributed by atoms with E-state index < -0.39 is 23.7 Å². The van der Waals surface area contributed by atoms with E-state index in [1.54, 1.807) is 30.3 Å². The van der Waals surface area contributed by atoms with Gasteiger partial charge >= 0.3 is 0 Å². The minimum Gasteiger partial charge on any atom is -0.499 e. The predicted octanol–water partition coefficient (Wildman–Crippen LogP) is 0.791. The third-order valence-electron chi connectivity index (χ3n) is 2.27. The Morgan fingerprint density at radius 1 is 1.19 bits per heavy atom. The second kappa shape index (κ2) is 3.74. The second-order valence-corrected chi connectivity index (χ2v) is 3.30. The number of nitrogens with one attached hydrogen (secondary N) is 1. The Hall–Kier alpha value is -2.21. The number of hydrogen-bond acceptors (Lipinski definition) is 5. The Morgan fingerprint density at radius 2 is 1.81 bits per heavy atom. The first kappa shape index (κ1) is 10.3. The van der Waals surface area contributed by atoms with Gasteiger partial charge in [0, 0.05) is 0 Å². The highest BCUT2D eigenvalue weighted by Gasteiger charge is 2.33. The summed E-state index contributed by atoms with van der Waals surface area (Å²) in [7, 11) is 0. The quantitative estimate of drug-likeness (QED) is 0.563. The van der Waals surface area contributed by atoms with Gasteiger partial charge < -0.3 is 15.5 Å². The van der Waals surface area contributed by atoms with Crippen molar-refractivity contribution in [2.24, 2.45) is 0 Å². The van der Waals surface area contributed by atoms with Gasteiger partial charge in [-0.15, -0.1) is 0 Å². The van der Waals surface area contributed by atoms with Crippen LogP contribution in [0.1, 0.15) is 11.7 Å². The van der Waals surface area contributed by atoms with E-state index in [2.05, 4.69) is 5.32 Å². The van der Waals surface area contributed by atoms with Crippen LogP contribution in [0.25, 0.3) is 0 Å². The van der Waals surface area contributed by atoms with Gasteiger partial charge in [0.05, 0.1) is 0 Å². The van der Waals surface area contributed by atoms with Crippen molar-refractivity contribution < 1.29 is 20.2 Å². The molecule has 1 atom stereocenters. The standard InChI is InChI=1S/C10H10N2O4/c13-7-9(14)11-8(12(16)10(7)15)6-4-2-1-3-5-6/h1-5,8,13,15-16H,(H,11,14). The lowest BCUT2D eigenvalue weighted by atomic mass is 10.1. The lowest BCUT2D eigenvalue weighted by molar-refractivity contribution is -0.162. The van der Waals surface area contributed by atoms with Crippen LogP contribution in [0.15, 0.2) is 42.0 Å². The number of hydrogen-bond donors (Lipinski definition) is 4. The molecule has 0 bridgehead atoms. The van der Waals surface area contributed by atoms with Gasteiger partial charge in [0.15, 0.2) is 6.17 Å². The number of benzene rings is 1. The van der Waals surface area contributed by atoms with E-state index >= 15 is 0 Å². The molecule has 0 saturated heterocycles. The van der Waals surface area contributed by atoms with Gasteiger partial charge in [-0.05, 0) is 5.56 Å². The Morgan fingerprint density at radius 3 is 2.44 bits per heavy atom. The molecular formula is C10H10N2O4. The second-order valence-electron chi connectivity index (χ2n) is 3.30. The first-order valence-electron chi connectivity index (χ1n) is 4.57. The summed E-state index contributed by atoms with van der Waals surface area (Å²) >= 11 is 0. The van der Waals surface area contributed by atoms with Gasteiger partial charge in [0.2, 0.25) is 5.76 Å². The highest BCUT2D eigenvalue weighted by molar-refractivity contribution is 5.92. The van der Waals surface area contributed by atoms with Crippen molar-refractivity contribution in [3.63, 3.8) is 0 Å². The first-order valence-corrected chi connectivity index (χ1v) is 4.57. The lowest BCUT2D eigenvalue weighted by Crippen LogP contribution is -2.45. The zero-order valence-electron chi connectivity index (χ0n) is 8.16. The monoisotopic (exact) mass is 222 g/mol. The summed E-state index contributed by atoms with van der Waals surface area (Å²) in [4.78, 5) is 11.2. The maximum Gasteiger partial charge on any atom is 0.293 e. The average Bonchev–Trinajstić information content (AvgIpc) is 2.32. The van der Waals surface area contributed by atoms with Crippen molar-refractivity contribution in [1.29, 1.82) is 0 Å². The Bertz CT molecular complexity index is 443. The van der Waals surface area contributed by atoms with Gasteiger partial charge in [-0.1, -0.05) is 30.3 Å². The van der Waals surface area contributed by atoms with Crippen molar-refractivity contribution >= 4 is 5.91 Å². The van der Waals surface area contributed by atoms with Crippen LogP contribution in [0.2, 0.25) is 0 Å². The number of hydroxylamine groups is 2. The summed E-state index contributed by atoms with van der Waals surface area (Å²) < 4.78 is 0. The summed E-state index contributed by atoms with van der Waals surface area (Å²) in [5, 5.41) is 30.6. The molecule has 84 valence electrons. The topological polar surface area (TPSA) is 93.0 Å². The molecule has 1 amide bonds. The van der Waals surface area contributed by atoms with E-state index in [0.717, 1.165) is 0 Å². The van der Waals surface area contributed by atoms with Crippen LogP contribution in [0, 0.1) is 0 Å². The number of amides is 1. The molecule has 4 N–H and O–H groups in total. The van der Waals surface area contributed by atoms with Crippen LogP contribution in [0.4, 0.5) is 0 Å². The number of aliphatic hydroxyl groups excluding tert-OH is 2. The fraction of sp³-hybridized carbons (Fsp3) is 0.100. The third kappa shape index (κ3) is 1.55. The van der Waals surface area contributed by atoms with Gasteiger partial charge in [0.1, 0.15) is 0 Å². The number of carbonyl (C=O) groups excluding carboxylic acids is 1. The maximum atomic E-state index is 11.2. The highest BCUT2D eigenvalue weighted by atomic mass is 16.5. The molecule has 0 spiro atoms. The largest absolute Gasteiger partial charge is 0.499 e. The fourth-order valence-electron chi connectivity index (χ4n) is 1.45. The van der Waals surface area contributed by atoms with Gasteiger partial charge in [-0.2, -0.15) is 5.06 Å². The van der Waals surface area contributed by atoms with Gasteiger partial charge in [0.25, 0.3) is 11.8 Å². The molecule has 1 aromatic rings. The number of aliphatic hydroxyl groups is 2. The molecule has 1 aliphatic rings. The minimum atomic E-state index is -0.912. The molecule has 1 aromatic carbocycles. The highest BCUT2D eigenvalue weighted by Crippen LogP contribution is 2.24. The summed E-state index contributed by atoms with van der Waals surface area (Å²) in [6, 6.07) is 8.58. The van der Waals surface area contributed by atoms with Gasteiger partial charge in [-0.25, -0.2) is 0 Å². The molecule has 6 nitrogen and oxygen atoms in total. The molecule has 0 aromatic heterocycles. The van der Waals surface area contributed by atoms with Crippen LogP contribution in [0.3, 0.4) is 0 Å². The van der Waals surface area contributed by atoms with E-state index in [4.69, 9.17) is 5.11 Å². The molecule has 0 aliphatic carbocycles.